The summed E-state index contributed by atoms with van der Waals surface area (Å²) in [6.07, 6.45) is 7.58. The van der Waals surface area contributed by atoms with E-state index in [9.17, 15) is 0 Å². The monoisotopic (exact) mass is 424 g/mol. The van der Waals surface area contributed by atoms with E-state index in [0.29, 0.717) is 13.2 Å². The second-order valence-corrected chi connectivity index (χ2v) is 81.0. The van der Waals surface area contributed by atoms with Crippen LogP contribution in [0.15, 0.2) is 23.8 Å². The first-order valence-electron chi connectivity index (χ1n) is 7.32. The van der Waals surface area contributed by atoms with Crippen LogP contribution in [0.2, 0.25) is 27.6 Å². The third-order valence-electron chi connectivity index (χ3n) is 4.16. The molecule has 0 spiro atoms. The van der Waals surface area contributed by atoms with Crippen LogP contribution in [0.4, 0.5) is 0 Å². The second-order valence-electron chi connectivity index (χ2n) is 11.7. The molecule has 108 valence electrons. The number of hydrogen-bond donors (Lipinski definition) is 0. The molecule has 0 heterocycles. The van der Waals surface area contributed by atoms with E-state index in [0.717, 1.165) is 10.6 Å². The van der Waals surface area contributed by atoms with Crippen molar-refractivity contribution in [2.24, 2.45) is 0 Å². The fourth-order valence-electron chi connectivity index (χ4n) is 3.85. The molecule has 0 aromatic heterocycles. The normalized spacial score (nSPS) is 24.7. The van der Waals surface area contributed by atoms with Crippen molar-refractivity contribution in [3.8, 4) is 0 Å². The van der Waals surface area contributed by atoms with Crippen molar-refractivity contribution in [2.45, 2.75) is 47.8 Å². The van der Waals surface area contributed by atoms with E-state index in [2.05, 4.69) is 55.5 Å². The molecule has 0 radical (unpaired) electrons. The van der Waals surface area contributed by atoms with E-state index >= 15 is 0 Å². The zero-order valence-electron chi connectivity index (χ0n) is 13.4. The fourth-order valence-corrected chi connectivity index (χ4v) is 28.0. The van der Waals surface area contributed by atoms with E-state index < -0.39 is 15.0 Å². The molecule has 0 aromatic rings. The Bertz CT molecular complexity index is 443. The third-order valence-corrected chi connectivity index (χ3v) is 27.9. The summed E-state index contributed by atoms with van der Waals surface area (Å²) in [5.41, 5.74) is 1.42. The molecule has 0 fully saturated rings. The molecule has 0 unspecified atom stereocenters. The molecular formula is C15H32HfO2. The first-order chi connectivity index (χ1) is 7.66. The van der Waals surface area contributed by atoms with E-state index in [4.69, 9.17) is 5.71 Å². The molecule has 1 aliphatic rings. The van der Waals surface area contributed by atoms with Gasteiger partial charge in [-0.25, -0.2) is 0 Å². The Morgan fingerprint density at radius 2 is 1.50 bits per heavy atom. The second kappa shape index (κ2) is 2.82. The first kappa shape index (κ1) is 16.3. The molecule has 0 aromatic carbocycles. The van der Waals surface area contributed by atoms with Gasteiger partial charge in [0.25, 0.3) is 0 Å². The summed E-state index contributed by atoms with van der Waals surface area (Å²) in [6.45, 7) is 5.50. The van der Waals surface area contributed by atoms with E-state index in [-0.39, 0.29) is 0 Å². The Morgan fingerprint density at radius 3 is 1.83 bits per heavy atom. The van der Waals surface area contributed by atoms with Crippen LogP contribution in [0, 0.1) is 0 Å². The number of rotatable bonds is 6. The van der Waals surface area contributed by atoms with Gasteiger partial charge in [0.2, 0.25) is 0 Å². The van der Waals surface area contributed by atoms with Crippen molar-refractivity contribution in [1.29, 1.82) is 0 Å². The van der Waals surface area contributed by atoms with Gasteiger partial charge in [-0.05, 0) is 0 Å². The molecular weight excluding hydrogens is 391 g/mol. The zero-order valence-corrected chi connectivity index (χ0v) is 17.0. The van der Waals surface area contributed by atoms with Gasteiger partial charge < -0.3 is 0 Å². The van der Waals surface area contributed by atoms with Crippen molar-refractivity contribution in [1.82, 2.24) is 0 Å². The van der Waals surface area contributed by atoms with Gasteiger partial charge in [0, 0.05) is 0 Å². The van der Waals surface area contributed by atoms with Crippen LogP contribution in [0.5, 0.6) is 0 Å². The molecule has 3 heteroatoms. The molecule has 2 nitrogen and oxygen atoms in total. The minimum atomic E-state index is -5.11. The Labute approximate surface area is 105 Å². The molecule has 0 bridgehead atoms. The van der Waals surface area contributed by atoms with Gasteiger partial charge >= 0.3 is 106 Å². The molecule has 0 N–H and O–H groups in total. The summed E-state index contributed by atoms with van der Waals surface area (Å²) in [5.74, 6) is 0. The Hall–Kier alpha value is 0.270. The van der Waals surface area contributed by atoms with Gasteiger partial charge in [-0.3, -0.25) is 0 Å². The van der Waals surface area contributed by atoms with Gasteiger partial charge in [0.05, 0.1) is 0 Å². The predicted molar refractivity (Wildman–Crippen MR) is 79.2 cm³/mol. The molecule has 0 atom stereocenters. The van der Waals surface area contributed by atoms with Crippen LogP contribution >= 0.6 is 0 Å². The summed E-state index contributed by atoms with van der Waals surface area (Å²) >= 11 is -5.11. The van der Waals surface area contributed by atoms with Crippen molar-refractivity contribution < 1.29 is 20.7 Å². The molecule has 0 saturated heterocycles. The van der Waals surface area contributed by atoms with Gasteiger partial charge in [0.15, 0.2) is 0 Å². The Balaban J connectivity index is 3.43. The van der Waals surface area contributed by atoms with Crippen LogP contribution in [0.1, 0.15) is 20.3 Å². The number of hydrogen-bond acceptors (Lipinski definition) is 2. The molecule has 1 rings (SSSR count). The van der Waals surface area contributed by atoms with E-state index in [1.807, 2.05) is 0 Å². The average Bonchev–Trinajstić information content (AvgIpc) is 2.52. The van der Waals surface area contributed by atoms with Crippen LogP contribution < -0.4 is 0 Å². The van der Waals surface area contributed by atoms with Crippen LogP contribution in [0.3, 0.4) is 0 Å². The van der Waals surface area contributed by atoms with Crippen LogP contribution in [0.25, 0.3) is 0 Å². The average molecular weight is 423 g/mol. The Morgan fingerprint density at radius 1 is 1.00 bits per heavy atom. The molecule has 1 aliphatic carbocycles. The third kappa shape index (κ3) is 3.64. The topological polar surface area (TPSA) is 18.5 Å². The van der Waals surface area contributed by atoms with E-state index in [1.165, 1.54) is 5.57 Å². The maximum atomic E-state index is 6.58. The quantitative estimate of drug-likeness (QED) is 0.509. The van der Waals surface area contributed by atoms with Gasteiger partial charge in [-0.15, -0.1) is 0 Å². The zero-order chi connectivity index (χ0) is 14.3. The Kier molecular flexibility index (Phi) is 2.56. The summed E-state index contributed by atoms with van der Waals surface area (Å²) in [7, 11) is 0. The predicted octanol–water partition coefficient (Wildman–Crippen LogP) is 5.73. The molecule has 18 heavy (non-hydrogen) atoms. The van der Waals surface area contributed by atoms with E-state index in [1.54, 1.807) is 0 Å². The standard InChI is InChI=1S/C6H7.2C2H5O.5CH3.Hf/c1-6-4-2-3-5-6;2*1-2-3;;;;;;/h2-4H,1,5H2;2*2H2,1H3;5*1H3;/q;2*-1;;;;;;+2. The van der Waals surface area contributed by atoms with Crippen molar-refractivity contribution in [3.63, 3.8) is 0 Å². The van der Waals surface area contributed by atoms with Crippen molar-refractivity contribution in [2.75, 3.05) is 13.2 Å². The minimum absolute atomic E-state index is 0.686. The van der Waals surface area contributed by atoms with Gasteiger partial charge in [-0.1, -0.05) is 0 Å². The van der Waals surface area contributed by atoms with Gasteiger partial charge in [0.1, 0.15) is 0 Å². The van der Waals surface area contributed by atoms with Crippen molar-refractivity contribution >= 4 is 0 Å². The van der Waals surface area contributed by atoms with Crippen LogP contribution in [-0.4, -0.2) is 13.2 Å². The fraction of sp³-hybridized carbons (Fsp3) is 0.733. The first-order valence-corrected chi connectivity index (χ1v) is 30.8. The summed E-state index contributed by atoms with van der Waals surface area (Å²) in [4.78, 5) is 0. The summed E-state index contributed by atoms with van der Waals surface area (Å²) in [5, 5.41) is 0. The van der Waals surface area contributed by atoms with Crippen molar-refractivity contribution in [3.05, 3.63) is 23.8 Å². The van der Waals surface area contributed by atoms with Gasteiger partial charge in [-0.2, -0.15) is 0 Å². The maximum absolute atomic E-state index is 6.58. The summed E-state index contributed by atoms with van der Waals surface area (Å²) < 4.78 is 25.5. The number of allylic oxidation sites excluding steroid dienone is 4. The summed E-state index contributed by atoms with van der Waals surface area (Å²) in [6, 6.07) is 0. The molecule has 0 saturated carbocycles. The molecule has 0 aliphatic heterocycles. The SMILES string of the molecule is CC[O][Hf]([CH3])([CH3])([CH3])([CH3])([CH3])([CH2]C1=CC=CC1)[O]CC. The van der Waals surface area contributed by atoms with Crippen LogP contribution in [-0.2, 0) is 20.7 Å². The molecule has 0 amide bonds.